The first-order chi connectivity index (χ1) is 22.5. The number of hydrogen-bond acceptors (Lipinski definition) is 8. The fraction of sp³-hybridized carbons (Fsp3) is 0.182. The van der Waals surface area contributed by atoms with Gasteiger partial charge in [-0.25, -0.2) is 4.79 Å². The van der Waals surface area contributed by atoms with Crippen LogP contribution in [0.3, 0.4) is 0 Å². The molecule has 47 heavy (non-hydrogen) atoms. The summed E-state index contributed by atoms with van der Waals surface area (Å²) in [5.41, 5.74) is 3.43. The first-order valence-corrected chi connectivity index (χ1v) is 14.8. The van der Waals surface area contributed by atoms with Crippen molar-refractivity contribution in [3.05, 3.63) is 113 Å². The molecule has 0 bridgehead atoms. The summed E-state index contributed by atoms with van der Waals surface area (Å²) in [5.74, 6) is -3.64. The van der Waals surface area contributed by atoms with E-state index in [1.54, 1.807) is 36.8 Å². The van der Waals surface area contributed by atoms with E-state index in [0.29, 0.717) is 10.7 Å². The number of carboxylic acids is 1. The number of aromatic carboxylic acids is 1. The Bertz CT molecular complexity index is 1870. The molecule has 0 unspecified atom stereocenters. The Morgan fingerprint density at radius 1 is 0.957 bits per heavy atom. The lowest BCUT2D eigenvalue weighted by atomic mass is 9.84. The third-order valence-corrected chi connectivity index (χ3v) is 7.73. The van der Waals surface area contributed by atoms with E-state index in [4.69, 9.17) is 16.0 Å². The summed E-state index contributed by atoms with van der Waals surface area (Å²) in [5, 5.41) is 28.5. The smallest absolute Gasteiger partial charge is 0.335 e. The molecule has 0 aliphatic rings. The van der Waals surface area contributed by atoms with E-state index in [1.807, 2.05) is 44.2 Å². The normalized spacial score (nSPS) is 11.8. The number of nitrogens with one attached hydrogen (secondary N) is 3. The zero-order valence-electron chi connectivity index (χ0n) is 25.3. The van der Waals surface area contributed by atoms with Crippen molar-refractivity contribution in [3.63, 3.8) is 0 Å². The van der Waals surface area contributed by atoms with Gasteiger partial charge in [-0.1, -0.05) is 61.8 Å². The van der Waals surface area contributed by atoms with Gasteiger partial charge >= 0.3 is 17.8 Å². The fourth-order valence-corrected chi connectivity index (χ4v) is 4.96. The second-order valence-corrected chi connectivity index (χ2v) is 11.7. The molecule has 0 saturated heterocycles. The quantitative estimate of drug-likeness (QED) is 0.153. The van der Waals surface area contributed by atoms with Crippen molar-refractivity contribution in [2.75, 3.05) is 11.9 Å². The van der Waals surface area contributed by atoms with Crippen LogP contribution in [0, 0.1) is 0 Å². The largest absolute Gasteiger partial charge is 0.478 e. The number of anilines is 1. The molecule has 0 saturated carbocycles. The third-order valence-electron chi connectivity index (χ3n) is 7.50. The van der Waals surface area contributed by atoms with Crippen molar-refractivity contribution in [1.29, 1.82) is 0 Å². The Morgan fingerprint density at radius 3 is 2.34 bits per heavy atom. The van der Waals surface area contributed by atoms with E-state index in [2.05, 4.69) is 31.5 Å². The number of halogens is 1. The summed E-state index contributed by atoms with van der Waals surface area (Å²) < 4.78 is 6.45. The summed E-state index contributed by atoms with van der Waals surface area (Å²) in [6, 6.07) is 19.1. The minimum Gasteiger partial charge on any atom is -0.478 e. The van der Waals surface area contributed by atoms with E-state index in [-0.39, 0.29) is 24.2 Å². The molecule has 0 spiro atoms. The van der Waals surface area contributed by atoms with Crippen LogP contribution in [0.4, 0.5) is 5.69 Å². The van der Waals surface area contributed by atoms with Gasteiger partial charge < -0.3 is 25.5 Å². The Morgan fingerprint density at radius 2 is 1.70 bits per heavy atom. The molecule has 14 heteroatoms. The van der Waals surface area contributed by atoms with Gasteiger partial charge in [0.05, 0.1) is 29.5 Å². The first kappa shape index (κ1) is 32.6. The van der Waals surface area contributed by atoms with Crippen LogP contribution in [0.25, 0.3) is 16.8 Å². The van der Waals surface area contributed by atoms with Crippen LogP contribution in [-0.2, 0) is 26.2 Å². The van der Waals surface area contributed by atoms with Crippen LogP contribution in [0.1, 0.15) is 35.3 Å². The van der Waals surface area contributed by atoms with Gasteiger partial charge in [0.2, 0.25) is 5.91 Å². The molecule has 2 aromatic heterocycles. The van der Waals surface area contributed by atoms with Crippen LogP contribution in [-0.4, -0.2) is 61.6 Å². The highest BCUT2D eigenvalue weighted by Gasteiger charge is 2.28. The second-order valence-electron chi connectivity index (χ2n) is 11.3. The molecule has 5 aromatic rings. The molecule has 3 aromatic carbocycles. The molecular formula is C33H30ClN7O6. The maximum atomic E-state index is 13.6. The van der Waals surface area contributed by atoms with Gasteiger partial charge in [0.25, 0.3) is 0 Å². The number of nitrogens with zero attached hydrogens (tertiary/aromatic N) is 4. The highest BCUT2D eigenvalue weighted by molar-refractivity contribution is 6.40. The van der Waals surface area contributed by atoms with Crippen molar-refractivity contribution in [3.8, 4) is 16.8 Å². The molecule has 0 aliphatic heterocycles. The second kappa shape index (κ2) is 14.1. The van der Waals surface area contributed by atoms with Crippen LogP contribution in [0.15, 0.2) is 96.1 Å². The van der Waals surface area contributed by atoms with E-state index >= 15 is 0 Å². The maximum absolute atomic E-state index is 13.6. The number of aromatic nitrogens is 4. The molecule has 240 valence electrons. The van der Waals surface area contributed by atoms with Gasteiger partial charge in [0.1, 0.15) is 12.4 Å². The lowest BCUT2D eigenvalue weighted by Gasteiger charge is -2.27. The van der Waals surface area contributed by atoms with Gasteiger partial charge in [0, 0.05) is 29.0 Å². The highest BCUT2D eigenvalue weighted by Crippen LogP contribution is 2.25. The Hall–Kier alpha value is -5.82. The number of carbonyl (C=O) groups is 4. The molecule has 1 atom stereocenters. The molecule has 4 N–H and O–H groups in total. The third kappa shape index (κ3) is 8.07. The first-order valence-electron chi connectivity index (χ1n) is 14.4. The van der Waals surface area contributed by atoms with E-state index < -0.39 is 35.1 Å². The predicted octanol–water partition coefficient (Wildman–Crippen LogP) is 4.03. The average Bonchev–Trinajstić information content (AvgIpc) is 3.79. The molecule has 0 fully saturated rings. The van der Waals surface area contributed by atoms with Gasteiger partial charge in [-0.2, -0.15) is 4.68 Å². The number of carbonyl (C=O) groups excluding carboxylic acids is 3. The van der Waals surface area contributed by atoms with Gasteiger partial charge in [-0.05, 0) is 63.5 Å². The number of amides is 3. The predicted molar refractivity (Wildman–Crippen MR) is 172 cm³/mol. The maximum Gasteiger partial charge on any atom is 0.335 e. The van der Waals surface area contributed by atoms with Crippen molar-refractivity contribution in [2.45, 2.75) is 31.7 Å². The fourth-order valence-electron chi connectivity index (χ4n) is 4.79. The molecule has 13 nitrogen and oxygen atoms in total. The Kier molecular flexibility index (Phi) is 9.76. The topological polar surface area (TPSA) is 181 Å². The van der Waals surface area contributed by atoms with Gasteiger partial charge in [0.15, 0.2) is 0 Å². The number of tetrazole rings is 1. The van der Waals surface area contributed by atoms with Crippen LogP contribution >= 0.6 is 11.6 Å². The Balaban J connectivity index is 1.32. The molecule has 2 heterocycles. The molecular weight excluding hydrogens is 626 g/mol. The minimum atomic E-state index is -1.13. The standard InChI is InChI=1S/C33H30ClN7O6/c1-33(2,24-9-7-22(8-10-24)32(45)46)18-35-29(42)27(15-20-3-5-21(6-4-20)23-13-14-47-17-23)38-31(44)30(43)37-26-16-25(34)11-12-28(26)41-19-36-39-40-41/h3-14,16-17,19,27H,15,18H2,1-2H3,(H,35,42)(H,37,43)(H,38,44)(H,45,46)/t27-/m0/s1. The van der Waals surface area contributed by atoms with Crippen molar-refractivity contribution >= 4 is 41.0 Å². The van der Waals surface area contributed by atoms with Crippen molar-refractivity contribution in [1.82, 2.24) is 30.8 Å². The summed E-state index contributed by atoms with van der Waals surface area (Å²) in [6.45, 7) is 3.95. The highest BCUT2D eigenvalue weighted by atomic mass is 35.5. The van der Waals surface area contributed by atoms with Gasteiger partial charge in [-0.3, -0.25) is 14.4 Å². The number of rotatable bonds is 11. The molecule has 5 rings (SSSR count). The van der Waals surface area contributed by atoms with E-state index in [0.717, 1.165) is 22.3 Å². The summed E-state index contributed by atoms with van der Waals surface area (Å²) in [6.07, 6.45) is 4.59. The molecule has 0 aliphatic carbocycles. The lowest BCUT2D eigenvalue weighted by Crippen LogP contribution is -2.52. The number of hydrogen-bond donors (Lipinski definition) is 4. The lowest BCUT2D eigenvalue weighted by molar-refractivity contribution is -0.138. The zero-order valence-corrected chi connectivity index (χ0v) is 26.1. The average molecular weight is 656 g/mol. The summed E-state index contributed by atoms with van der Waals surface area (Å²) in [7, 11) is 0. The van der Waals surface area contributed by atoms with Crippen molar-refractivity contribution < 1.29 is 28.7 Å². The Labute approximate surface area is 273 Å². The van der Waals surface area contributed by atoms with E-state index in [1.165, 1.54) is 29.2 Å². The SMILES string of the molecule is CC(C)(CNC(=O)[C@H](Cc1ccc(-c2ccoc2)cc1)NC(=O)C(=O)Nc1cc(Cl)ccc1-n1cnnn1)c1ccc(C(=O)O)cc1. The number of carboxylic acid groups (broad SMARTS) is 1. The number of benzene rings is 3. The van der Waals surface area contributed by atoms with E-state index in [9.17, 15) is 24.3 Å². The molecule has 0 radical (unpaired) electrons. The molecule has 3 amide bonds. The van der Waals surface area contributed by atoms with Crippen LogP contribution in [0.5, 0.6) is 0 Å². The zero-order chi connectivity index (χ0) is 33.6. The van der Waals surface area contributed by atoms with Crippen LogP contribution in [0.2, 0.25) is 5.02 Å². The summed E-state index contributed by atoms with van der Waals surface area (Å²) in [4.78, 5) is 51.2. The van der Waals surface area contributed by atoms with Crippen LogP contribution < -0.4 is 16.0 Å². The summed E-state index contributed by atoms with van der Waals surface area (Å²) >= 11 is 6.14. The number of furan rings is 1. The minimum absolute atomic E-state index is 0.0807. The monoisotopic (exact) mass is 655 g/mol. The van der Waals surface area contributed by atoms with Gasteiger partial charge in [-0.15, -0.1) is 5.10 Å². The van der Waals surface area contributed by atoms with Crippen molar-refractivity contribution in [2.24, 2.45) is 0 Å².